The lowest BCUT2D eigenvalue weighted by Crippen LogP contribution is -1.95. The summed E-state index contributed by atoms with van der Waals surface area (Å²) in [6, 6.07) is 4.43. The number of hydrogen-bond donors (Lipinski definition) is 1. The molecule has 0 spiro atoms. The van der Waals surface area contributed by atoms with E-state index >= 15 is 0 Å². The summed E-state index contributed by atoms with van der Waals surface area (Å²) in [6.07, 6.45) is 0. The Labute approximate surface area is 78.7 Å². The normalized spacial score (nSPS) is 10.3. The third-order valence-electron chi connectivity index (χ3n) is 1.81. The van der Waals surface area contributed by atoms with Gasteiger partial charge in [0.2, 0.25) is 0 Å². The standard InChI is InChI=1S/C10H15NS/c1-7-5-8(2)10(12-11-4)9(3)6-7/h5-6,11H,1-4H3. The second kappa shape index (κ2) is 3.97. The first-order chi connectivity index (χ1) is 5.65. The topological polar surface area (TPSA) is 12.0 Å². The summed E-state index contributed by atoms with van der Waals surface area (Å²) < 4.78 is 3.10. The van der Waals surface area contributed by atoms with Gasteiger partial charge in [0.25, 0.3) is 0 Å². The van der Waals surface area contributed by atoms with E-state index in [1.807, 2.05) is 7.05 Å². The van der Waals surface area contributed by atoms with Gasteiger partial charge in [0.15, 0.2) is 0 Å². The van der Waals surface area contributed by atoms with Crippen molar-refractivity contribution in [3.8, 4) is 0 Å². The number of rotatable bonds is 2. The van der Waals surface area contributed by atoms with E-state index in [1.165, 1.54) is 21.6 Å². The Bertz CT molecular complexity index is 258. The first kappa shape index (κ1) is 9.62. The highest BCUT2D eigenvalue weighted by atomic mass is 32.2. The van der Waals surface area contributed by atoms with Gasteiger partial charge < -0.3 is 0 Å². The van der Waals surface area contributed by atoms with E-state index in [0.29, 0.717) is 0 Å². The highest BCUT2D eigenvalue weighted by Gasteiger charge is 2.02. The minimum absolute atomic E-state index is 1.34. The zero-order valence-electron chi connectivity index (χ0n) is 8.06. The molecule has 0 aliphatic rings. The Hall–Kier alpha value is -0.470. The summed E-state index contributed by atoms with van der Waals surface area (Å²) in [5.41, 5.74) is 4.05. The van der Waals surface area contributed by atoms with Crippen molar-refractivity contribution in [3.05, 3.63) is 28.8 Å². The Morgan fingerprint density at radius 2 is 1.58 bits per heavy atom. The Balaban J connectivity index is 3.10. The van der Waals surface area contributed by atoms with Crippen molar-refractivity contribution in [2.24, 2.45) is 0 Å². The van der Waals surface area contributed by atoms with Crippen LogP contribution in [0, 0.1) is 20.8 Å². The molecule has 0 saturated carbocycles. The third-order valence-corrected chi connectivity index (χ3v) is 2.86. The van der Waals surface area contributed by atoms with E-state index in [4.69, 9.17) is 0 Å². The lowest BCUT2D eigenvalue weighted by Gasteiger charge is -2.08. The number of nitrogens with one attached hydrogen (secondary N) is 1. The summed E-state index contributed by atoms with van der Waals surface area (Å²) in [5, 5.41) is 0. The quantitative estimate of drug-likeness (QED) is 0.704. The fourth-order valence-electron chi connectivity index (χ4n) is 1.43. The van der Waals surface area contributed by atoms with Gasteiger partial charge in [0.05, 0.1) is 0 Å². The van der Waals surface area contributed by atoms with Crippen molar-refractivity contribution < 1.29 is 0 Å². The molecule has 12 heavy (non-hydrogen) atoms. The van der Waals surface area contributed by atoms with E-state index in [9.17, 15) is 0 Å². The molecule has 2 heteroatoms. The monoisotopic (exact) mass is 181 g/mol. The predicted octanol–water partition coefficient (Wildman–Crippen LogP) is 2.84. The van der Waals surface area contributed by atoms with E-state index in [0.717, 1.165) is 0 Å². The molecular weight excluding hydrogens is 166 g/mol. The molecule has 1 aromatic carbocycles. The van der Waals surface area contributed by atoms with E-state index in [1.54, 1.807) is 11.9 Å². The summed E-state index contributed by atoms with van der Waals surface area (Å²) >= 11 is 1.69. The van der Waals surface area contributed by atoms with Crippen molar-refractivity contribution in [2.45, 2.75) is 25.7 Å². The fraction of sp³-hybridized carbons (Fsp3) is 0.400. The first-order valence-corrected chi connectivity index (χ1v) is 4.88. The van der Waals surface area contributed by atoms with Crippen LogP contribution in [0.2, 0.25) is 0 Å². The Kier molecular flexibility index (Phi) is 3.18. The van der Waals surface area contributed by atoms with Crippen LogP contribution in [-0.4, -0.2) is 7.05 Å². The van der Waals surface area contributed by atoms with E-state index < -0.39 is 0 Å². The van der Waals surface area contributed by atoms with E-state index in [2.05, 4.69) is 37.6 Å². The molecule has 0 heterocycles. The van der Waals surface area contributed by atoms with Crippen molar-refractivity contribution in [1.82, 2.24) is 4.72 Å². The lowest BCUT2D eigenvalue weighted by atomic mass is 10.1. The molecule has 0 aliphatic carbocycles. The van der Waals surface area contributed by atoms with Crippen molar-refractivity contribution in [2.75, 3.05) is 7.05 Å². The molecule has 1 nitrogen and oxygen atoms in total. The molecule has 66 valence electrons. The molecule has 1 N–H and O–H groups in total. The zero-order chi connectivity index (χ0) is 9.14. The highest BCUT2D eigenvalue weighted by molar-refractivity contribution is 7.97. The molecule has 0 aliphatic heterocycles. The van der Waals surface area contributed by atoms with Crippen LogP contribution in [0.25, 0.3) is 0 Å². The minimum Gasteiger partial charge on any atom is -0.263 e. The van der Waals surface area contributed by atoms with Crippen LogP contribution in [-0.2, 0) is 0 Å². The van der Waals surface area contributed by atoms with Gasteiger partial charge in [-0.25, -0.2) is 0 Å². The number of hydrogen-bond acceptors (Lipinski definition) is 2. The van der Waals surface area contributed by atoms with Crippen LogP contribution in [0.4, 0.5) is 0 Å². The summed E-state index contributed by atoms with van der Waals surface area (Å²) in [7, 11) is 1.95. The lowest BCUT2D eigenvalue weighted by molar-refractivity contribution is 1.17. The molecule has 0 atom stereocenters. The van der Waals surface area contributed by atoms with Crippen LogP contribution in [0.15, 0.2) is 17.0 Å². The summed E-state index contributed by atoms with van der Waals surface area (Å²) in [6.45, 7) is 6.44. The van der Waals surface area contributed by atoms with Gasteiger partial charge in [0.1, 0.15) is 0 Å². The van der Waals surface area contributed by atoms with Crippen LogP contribution in [0.1, 0.15) is 16.7 Å². The molecular formula is C10H15NS. The average Bonchev–Trinajstić information content (AvgIpc) is 1.96. The third kappa shape index (κ3) is 2.02. The van der Waals surface area contributed by atoms with Crippen molar-refractivity contribution >= 4 is 11.9 Å². The SMILES string of the molecule is CNSc1c(C)cc(C)cc1C. The van der Waals surface area contributed by atoms with Gasteiger partial charge in [0, 0.05) is 4.90 Å². The van der Waals surface area contributed by atoms with Gasteiger partial charge in [-0.05, 0) is 50.9 Å². The van der Waals surface area contributed by atoms with Gasteiger partial charge in [-0.2, -0.15) is 0 Å². The maximum absolute atomic E-state index is 3.10. The molecule has 1 rings (SSSR count). The largest absolute Gasteiger partial charge is 0.263 e. The zero-order valence-corrected chi connectivity index (χ0v) is 8.88. The fourth-order valence-corrected chi connectivity index (χ4v) is 2.07. The van der Waals surface area contributed by atoms with Gasteiger partial charge in [-0.15, -0.1) is 0 Å². The summed E-state index contributed by atoms with van der Waals surface area (Å²) in [5.74, 6) is 0. The minimum atomic E-state index is 1.34. The van der Waals surface area contributed by atoms with Crippen LogP contribution < -0.4 is 4.72 Å². The predicted molar refractivity (Wildman–Crippen MR) is 55.6 cm³/mol. The second-order valence-corrected chi connectivity index (χ2v) is 4.05. The van der Waals surface area contributed by atoms with Crippen LogP contribution in [0.3, 0.4) is 0 Å². The van der Waals surface area contributed by atoms with Crippen LogP contribution in [0.5, 0.6) is 0 Å². The molecule has 0 bridgehead atoms. The summed E-state index contributed by atoms with van der Waals surface area (Å²) in [4.78, 5) is 1.35. The molecule has 0 saturated heterocycles. The van der Waals surface area contributed by atoms with Crippen molar-refractivity contribution in [1.29, 1.82) is 0 Å². The first-order valence-electron chi connectivity index (χ1n) is 4.06. The van der Waals surface area contributed by atoms with E-state index in [-0.39, 0.29) is 0 Å². The molecule has 0 radical (unpaired) electrons. The Morgan fingerprint density at radius 1 is 1.08 bits per heavy atom. The maximum Gasteiger partial charge on any atom is 0.0286 e. The Morgan fingerprint density at radius 3 is 2.00 bits per heavy atom. The molecule has 1 aromatic rings. The average molecular weight is 181 g/mol. The van der Waals surface area contributed by atoms with Crippen LogP contribution >= 0.6 is 11.9 Å². The number of benzene rings is 1. The highest BCUT2D eigenvalue weighted by Crippen LogP contribution is 2.24. The van der Waals surface area contributed by atoms with Gasteiger partial charge in [-0.3, -0.25) is 4.72 Å². The molecule has 0 aromatic heterocycles. The van der Waals surface area contributed by atoms with Gasteiger partial charge in [-0.1, -0.05) is 17.7 Å². The van der Waals surface area contributed by atoms with Crippen molar-refractivity contribution in [3.63, 3.8) is 0 Å². The smallest absolute Gasteiger partial charge is 0.0286 e. The molecule has 0 unspecified atom stereocenters. The maximum atomic E-state index is 3.10. The number of aryl methyl sites for hydroxylation is 3. The molecule has 0 fully saturated rings. The second-order valence-electron chi connectivity index (χ2n) is 3.03. The van der Waals surface area contributed by atoms with Gasteiger partial charge >= 0.3 is 0 Å². The molecule has 0 amide bonds.